The molecule has 0 unspecified atom stereocenters. The van der Waals surface area contributed by atoms with E-state index in [-0.39, 0.29) is 18.5 Å². The van der Waals surface area contributed by atoms with E-state index in [9.17, 15) is 4.79 Å². The summed E-state index contributed by atoms with van der Waals surface area (Å²) in [6, 6.07) is 14.7. The Morgan fingerprint density at radius 2 is 1.80 bits per heavy atom. The Morgan fingerprint density at radius 1 is 1.03 bits per heavy atom. The average molecular weight is 403 g/mol. The van der Waals surface area contributed by atoms with Crippen LogP contribution < -0.4 is 14.8 Å². The molecule has 0 aliphatic heterocycles. The maximum atomic E-state index is 12.3. The van der Waals surface area contributed by atoms with Crippen molar-refractivity contribution >= 4 is 17.5 Å². The van der Waals surface area contributed by atoms with Crippen molar-refractivity contribution in [1.29, 1.82) is 0 Å². The number of pyridine rings is 1. The predicted molar refractivity (Wildman–Crippen MR) is 113 cm³/mol. The van der Waals surface area contributed by atoms with Crippen LogP contribution in [0.2, 0.25) is 0 Å². The number of aryl methyl sites for hydroxylation is 1. The van der Waals surface area contributed by atoms with Gasteiger partial charge in [-0.3, -0.25) is 14.5 Å². The molecule has 0 radical (unpaired) electrons. The van der Waals surface area contributed by atoms with E-state index in [4.69, 9.17) is 9.47 Å². The second-order valence-electron chi connectivity index (χ2n) is 6.48. The number of aromatic nitrogens is 4. The van der Waals surface area contributed by atoms with E-state index >= 15 is 0 Å². The average Bonchev–Trinajstić information content (AvgIpc) is 3.09. The Kier molecular flexibility index (Phi) is 5.56. The van der Waals surface area contributed by atoms with Crippen LogP contribution in [0.25, 0.3) is 17.0 Å². The second kappa shape index (κ2) is 8.60. The Balaban J connectivity index is 1.44. The minimum atomic E-state index is -0.351. The van der Waals surface area contributed by atoms with E-state index in [1.807, 2.05) is 42.6 Å². The molecule has 0 aliphatic rings. The highest BCUT2D eigenvalue weighted by Crippen LogP contribution is 2.23. The Bertz CT molecular complexity index is 1170. The number of imidazole rings is 1. The lowest BCUT2D eigenvalue weighted by Gasteiger charge is -2.09. The van der Waals surface area contributed by atoms with Crippen LogP contribution in [0.4, 0.5) is 5.95 Å². The minimum Gasteiger partial charge on any atom is -0.494 e. The molecule has 0 saturated heterocycles. The molecule has 0 spiro atoms. The van der Waals surface area contributed by atoms with E-state index in [2.05, 4.69) is 20.3 Å². The number of fused-ring (bicyclic) bond motifs is 1. The third kappa shape index (κ3) is 4.22. The first-order chi connectivity index (χ1) is 14.6. The van der Waals surface area contributed by atoms with Gasteiger partial charge in [0.25, 0.3) is 5.91 Å². The number of hydrogen-bond acceptors (Lipinski definition) is 6. The van der Waals surface area contributed by atoms with Crippen LogP contribution in [0.3, 0.4) is 0 Å². The molecule has 1 aromatic carbocycles. The lowest BCUT2D eigenvalue weighted by Crippen LogP contribution is -2.21. The lowest BCUT2D eigenvalue weighted by atomic mass is 10.2. The topological polar surface area (TPSA) is 90.6 Å². The number of nitrogens with zero attached hydrogens (tertiary/aromatic N) is 4. The maximum absolute atomic E-state index is 12.3. The van der Waals surface area contributed by atoms with Gasteiger partial charge in [0.1, 0.15) is 17.1 Å². The normalized spacial score (nSPS) is 10.7. The molecule has 8 heteroatoms. The van der Waals surface area contributed by atoms with Gasteiger partial charge in [-0.05, 0) is 56.3 Å². The minimum absolute atomic E-state index is 0.157. The van der Waals surface area contributed by atoms with E-state index in [0.29, 0.717) is 18.1 Å². The summed E-state index contributed by atoms with van der Waals surface area (Å²) in [5.41, 5.74) is 3.20. The maximum Gasteiger partial charge on any atom is 0.264 e. The van der Waals surface area contributed by atoms with Crippen LogP contribution in [0.5, 0.6) is 11.5 Å². The Hall–Kier alpha value is -3.94. The van der Waals surface area contributed by atoms with Gasteiger partial charge in [-0.25, -0.2) is 15.0 Å². The number of ether oxygens (including phenoxy) is 2. The summed E-state index contributed by atoms with van der Waals surface area (Å²) in [5, 5.41) is 2.67. The molecule has 0 fully saturated rings. The van der Waals surface area contributed by atoms with Crippen LogP contribution in [0, 0.1) is 6.92 Å². The summed E-state index contributed by atoms with van der Waals surface area (Å²) in [6.45, 7) is 4.28. The molecule has 3 aromatic heterocycles. The molecule has 8 nitrogen and oxygen atoms in total. The van der Waals surface area contributed by atoms with Crippen molar-refractivity contribution in [3.8, 4) is 22.9 Å². The van der Waals surface area contributed by atoms with Gasteiger partial charge in [0.15, 0.2) is 6.61 Å². The van der Waals surface area contributed by atoms with Crippen molar-refractivity contribution in [3.63, 3.8) is 0 Å². The van der Waals surface area contributed by atoms with Crippen molar-refractivity contribution in [3.05, 3.63) is 66.6 Å². The number of nitrogens with one attached hydrogen (secondary N) is 1. The highest BCUT2D eigenvalue weighted by Gasteiger charge is 2.13. The van der Waals surface area contributed by atoms with Crippen LogP contribution in [0.15, 0.2) is 60.9 Å². The molecule has 1 N–H and O–H groups in total. The first-order valence-electron chi connectivity index (χ1n) is 9.56. The van der Waals surface area contributed by atoms with Crippen LogP contribution in [-0.2, 0) is 4.79 Å². The fraction of sp³-hybridized carbons (Fsp3) is 0.182. The fourth-order valence-electron chi connectivity index (χ4n) is 3.08. The van der Waals surface area contributed by atoms with Gasteiger partial charge in [-0.15, -0.1) is 0 Å². The van der Waals surface area contributed by atoms with Crippen molar-refractivity contribution in [2.24, 2.45) is 0 Å². The molecule has 4 aromatic rings. The number of rotatable bonds is 7. The zero-order chi connectivity index (χ0) is 20.9. The standard InChI is InChI=1S/C22H21N5O3/c1-3-29-16-7-9-17(10-8-16)30-14-20(28)26-22-23-12-11-18(25-22)21-15(2)24-19-6-4-5-13-27(19)21/h4-13H,3,14H2,1-2H3,(H,23,25,26,28). The van der Waals surface area contributed by atoms with Crippen molar-refractivity contribution in [1.82, 2.24) is 19.4 Å². The van der Waals surface area contributed by atoms with E-state index in [1.54, 1.807) is 36.5 Å². The lowest BCUT2D eigenvalue weighted by molar-refractivity contribution is -0.118. The fourth-order valence-corrected chi connectivity index (χ4v) is 3.08. The summed E-state index contributed by atoms with van der Waals surface area (Å²) in [5.74, 6) is 1.18. The van der Waals surface area contributed by atoms with E-state index in [1.165, 1.54) is 0 Å². The van der Waals surface area contributed by atoms with Gasteiger partial charge in [-0.1, -0.05) is 6.07 Å². The van der Waals surface area contributed by atoms with Gasteiger partial charge >= 0.3 is 0 Å². The third-order valence-electron chi connectivity index (χ3n) is 4.36. The van der Waals surface area contributed by atoms with Crippen molar-refractivity contribution < 1.29 is 14.3 Å². The van der Waals surface area contributed by atoms with Gasteiger partial charge in [0.2, 0.25) is 5.95 Å². The SMILES string of the molecule is CCOc1ccc(OCC(=O)Nc2nccc(-c3c(C)nc4ccccn34)n2)cc1. The van der Waals surface area contributed by atoms with E-state index in [0.717, 1.165) is 22.8 Å². The largest absolute Gasteiger partial charge is 0.494 e. The van der Waals surface area contributed by atoms with Crippen molar-refractivity contribution in [2.45, 2.75) is 13.8 Å². The van der Waals surface area contributed by atoms with Crippen LogP contribution in [0.1, 0.15) is 12.6 Å². The first-order valence-corrected chi connectivity index (χ1v) is 9.56. The zero-order valence-corrected chi connectivity index (χ0v) is 16.7. The Morgan fingerprint density at radius 3 is 2.57 bits per heavy atom. The summed E-state index contributed by atoms with van der Waals surface area (Å²) in [4.78, 5) is 25.4. The molecular weight excluding hydrogens is 382 g/mol. The van der Waals surface area contributed by atoms with Crippen LogP contribution in [-0.4, -0.2) is 38.5 Å². The second-order valence-corrected chi connectivity index (χ2v) is 6.48. The summed E-state index contributed by atoms with van der Waals surface area (Å²) in [7, 11) is 0. The van der Waals surface area contributed by atoms with E-state index < -0.39 is 0 Å². The summed E-state index contributed by atoms with van der Waals surface area (Å²) in [6.07, 6.45) is 3.53. The quantitative estimate of drug-likeness (QED) is 0.508. The zero-order valence-electron chi connectivity index (χ0n) is 16.7. The molecule has 0 bridgehead atoms. The number of carbonyl (C=O) groups is 1. The predicted octanol–water partition coefficient (Wildman–Crippen LogP) is 3.52. The van der Waals surface area contributed by atoms with Crippen molar-refractivity contribution in [2.75, 3.05) is 18.5 Å². The van der Waals surface area contributed by atoms with Crippen LogP contribution >= 0.6 is 0 Å². The van der Waals surface area contributed by atoms with Gasteiger partial charge in [0, 0.05) is 12.4 Å². The number of carbonyl (C=O) groups excluding carboxylic acids is 1. The third-order valence-corrected chi connectivity index (χ3v) is 4.36. The summed E-state index contributed by atoms with van der Waals surface area (Å²) >= 11 is 0. The molecule has 30 heavy (non-hydrogen) atoms. The smallest absolute Gasteiger partial charge is 0.264 e. The molecule has 1 amide bonds. The molecule has 4 rings (SSSR count). The molecule has 3 heterocycles. The molecule has 0 aliphatic carbocycles. The molecule has 0 atom stereocenters. The summed E-state index contributed by atoms with van der Waals surface area (Å²) < 4.78 is 12.9. The van der Waals surface area contributed by atoms with Gasteiger partial charge < -0.3 is 9.47 Å². The number of anilines is 1. The number of benzene rings is 1. The molecular formula is C22H21N5O3. The molecule has 152 valence electrons. The number of hydrogen-bond donors (Lipinski definition) is 1. The highest BCUT2D eigenvalue weighted by molar-refractivity contribution is 5.90. The first kappa shape index (κ1) is 19.4. The van der Waals surface area contributed by atoms with Gasteiger partial charge in [0.05, 0.1) is 23.7 Å². The number of amides is 1. The monoisotopic (exact) mass is 403 g/mol. The molecule has 0 saturated carbocycles. The Labute approximate surface area is 173 Å². The highest BCUT2D eigenvalue weighted by atomic mass is 16.5. The van der Waals surface area contributed by atoms with Gasteiger partial charge in [-0.2, -0.15) is 0 Å².